The summed E-state index contributed by atoms with van der Waals surface area (Å²) >= 11 is 0. The van der Waals surface area contributed by atoms with Crippen molar-refractivity contribution in [3.05, 3.63) is 24.3 Å². The number of allylic oxidation sites excluding steroid dienone is 3. The molecule has 4 aliphatic rings. The lowest BCUT2D eigenvalue weighted by Gasteiger charge is -2.58. The highest BCUT2D eigenvalue weighted by atomic mass is 16.7. The van der Waals surface area contributed by atoms with Crippen molar-refractivity contribution in [1.82, 2.24) is 0 Å². The Kier molecular flexibility index (Phi) is 6.72. The molecule has 3 aliphatic carbocycles. The normalized spacial score (nSPS) is 49.1. The molecule has 0 radical (unpaired) electrons. The Balaban J connectivity index is 1.59. The Morgan fingerprint density at radius 1 is 1.15 bits per heavy atom. The van der Waals surface area contributed by atoms with Crippen molar-refractivity contribution in [1.29, 1.82) is 0 Å². The van der Waals surface area contributed by atoms with Crippen LogP contribution in [-0.4, -0.2) is 75.9 Å². The van der Waals surface area contributed by atoms with Crippen molar-refractivity contribution in [2.75, 3.05) is 13.2 Å². The summed E-state index contributed by atoms with van der Waals surface area (Å²) in [6.45, 7) is 9.38. The predicted molar refractivity (Wildman–Crippen MR) is 122 cm³/mol. The number of carbonyl (C=O) groups is 2. The first-order valence-corrected chi connectivity index (χ1v) is 12.2. The number of aliphatic hydroxyl groups excluding tert-OH is 4. The minimum Gasteiger partial charge on any atom is -0.394 e. The molecule has 10 atom stereocenters. The van der Waals surface area contributed by atoms with Crippen LogP contribution in [0.25, 0.3) is 0 Å². The van der Waals surface area contributed by atoms with Gasteiger partial charge in [0, 0.05) is 18.3 Å². The molecule has 1 aliphatic heterocycles. The van der Waals surface area contributed by atoms with E-state index in [-0.39, 0.29) is 47.3 Å². The first-order valence-electron chi connectivity index (χ1n) is 12.2. The maximum atomic E-state index is 13.3. The van der Waals surface area contributed by atoms with E-state index in [1.54, 1.807) is 0 Å². The molecule has 190 valence electrons. The summed E-state index contributed by atoms with van der Waals surface area (Å²) in [5, 5.41) is 39.9. The highest BCUT2D eigenvalue weighted by Gasteiger charge is 2.61. The van der Waals surface area contributed by atoms with E-state index in [4.69, 9.17) is 9.47 Å². The van der Waals surface area contributed by atoms with Gasteiger partial charge in [-0.1, -0.05) is 32.9 Å². The molecular weight excluding hydrogens is 440 g/mol. The standard InChI is InChI=1S/C26H38O8/c1-5-24(2)8-6-15-14(11-24)16(28)10-18-25(15,3)9-7-19(29)26(18,4)13-33-23-22(32)21(31)20(30)17(12-27)34-23/h5,11,15,17-18,20-23,27,30-32H,1,6-10,12-13H2,2-4H3/t15-,17+,18+,20-,21+,22-,23+,24-,25+,26+/m0/s1. The van der Waals surface area contributed by atoms with Crippen molar-refractivity contribution in [2.24, 2.45) is 28.1 Å². The van der Waals surface area contributed by atoms with E-state index in [1.807, 2.05) is 13.0 Å². The third-order valence-electron chi connectivity index (χ3n) is 9.29. The fraction of sp³-hybridized carbons (Fsp3) is 0.769. The number of hydrogen-bond donors (Lipinski definition) is 4. The Hall–Kier alpha value is -1.42. The second-order valence-electron chi connectivity index (χ2n) is 11.4. The fourth-order valence-electron chi connectivity index (χ4n) is 6.84. The van der Waals surface area contributed by atoms with Gasteiger partial charge in [-0.3, -0.25) is 9.59 Å². The summed E-state index contributed by atoms with van der Waals surface area (Å²) in [4.78, 5) is 26.6. The number of ether oxygens (including phenoxy) is 2. The lowest BCUT2D eigenvalue weighted by Crippen LogP contribution is -2.61. The quantitative estimate of drug-likeness (QED) is 0.435. The van der Waals surface area contributed by atoms with Crippen molar-refractivity contribution < 1.29 is 39.5 Å². The van der Waals surface area contributed by atoms with Crippen molar-refractivity contribution >= 4 is 11.6 Å². The fourth-order valence-corrected chi connectivity index (χ4v) is 6.84. The van der Waals surface area contributed by atoms with Gasteiger partial charge < -0.3 is 29.9 Å². The first-order chi connectivity index (χ1) is 15.9. The van der Waals surface area contributed by atoms with Gasteiger partial charge in [0.2, 0.25) is 0 Å². The van der Waals surface area contributed by atoms with E-state index in [0.29, 0.717) is 12.8 Å². The summed E-state index contributed by atoms with van der Waals surface area (Å²) < 4.78 is 11.3. The number of hydrogen-bond acceptors (Lipinski definition) is 8. The number of rotatable bonds is 5. The third-order valence-corrected chi connectivity index (χ3v) is 9.29. The molecule has 34 heavy (non-hydrogen) atoms. The van der Waals surface area contributed by atoms with Crippen LogP contribution >= 0.6 is 0 Å². The molecule has 4 N–H and O–H groups in total. The molecule has 1 heterocycles. The summed E-state index contributed by atoms with van der Waals surface area (Å²) in [5.41, 5.74) is -0.584. The van der Waals surface area contributed by atoms with Gasteiger partial charge in [0.05, 0.1) is 18.6 Å². The number of Topliss-reactive ketones (excluding diaryl/α,β-unsaturated/α-hetero) is 2. The SMILES string of the molecule is C=C[C@]1(C)C=C2C(=O)C[C@@H]3[C@](C)(CCC(=O)[C@]3(C)CO[C@@H]3O[C@H](CO)[C@H](O)[C@@H](O)[C@@H]3O)[C@H]2CC1. The molecule has 0 unspecified atom stereocenters. The van der Waals surface area contributed by atoms with Gasteiger partial charge in [-0.2, -0.15) is 0 Å². The van der Waals surface area contributed by atoms with Crippen molar-refractivity contribution in [2.45, 2.75) is 83.6 Å². The van der Waals surface area contributed by atoms with E-state index in [9.17, 15) is 30.0 Å². The van der Waals surface area contributed by atoms with Crippen LogP contribution in [0.15, 0.2) is 24.3 Å². The van der Waals surface area contributed by atoms with Crippen LogP contribution in [0.1, 0.15) is 52.9 Å². The van der Waals surface area contributed by atoms with Crippen LogP contribution in [-0.2, 0) is 19.1 Å². The molecule has 0 aromatic heterocycles. The molecule has 1 saturated heterocycles. The maximum absolute atomic E-state index is 13.3. The van der Waals surface area contributed by atoms with Crippen LogP contribution < -0.4 is 0 Å². The summed E-state index contributed by atoms with van der Waals surface area (Å²) in [6.07, 6.45) is 0.0689. The average molecular weight is 479 g/mol. The molecule has 3 fully saturated rings. The summed E-state index contributed by atoms with van der Waals surface area (Å²) in [5.74, 6) is -0.110. The Labute approximate surface area is 200 Å². The zero-order chi connectivity index (χ0) is 25.1. The highest BCUT2D eigenvalue weighted by molar-refractivity contribution is 5.99. The smallest absolute Gasteiger partial charge is 0.186 e. The van der Waals surface area contributed by atoms with Gasteiger partial charge in [0.15, 0.2) is 12.1 Å². The minimum atomic E-state index is -1.55. The predicted octanol–water partition coefficient (Wildman–Crippen LogP) is 1.30. The highest BCUT2D eigenvalue weighted by Crippen LogP contribution is 2.62. The van der Waals surface area contributed by atoms with Crippen LogP contribution in [0.2, 0.25) is 0 Å². The molecule has 8 nitrogen and oxygen atoms in total. The van der Waals surface area contributed by atoms with Gasteiger partial charge in [-0.25, -0.2) is 0 Å². The monoisotopic (exact) mass is 478 g/mol. The number of aliphatic hydroxyl groups is 4. The third kappa shape index (κ3) is 3.92. The van der Waals surface area contributed by atoms with Crippen LogP contribution in [0.5, 0.6) is 0 Å². The zero-order valence-electron chi connectivity index (χ0n) is 20.3. The van der Waals surface area contributed by atoms with Gasteiger partial charge in [0.1, 0.15) is 30.2 Å². The van der Waals surface area contributed by atoms with Gasteiger partial charge in [0.25, 0.3) is 0 Å². The average Bonchev–Trinajstić information content (AvgIpc) is 2.82. The second-order valence-corrected chi connectivity index (χ2v) is 11.4. The number of fused-ring (bicyclic) bond motifs is 3. The maximum Gasteiger partial charge on any atom is 0.186 e. The summed E-state index contributed by atoms with van der Waals surface area (Å²) in [7, 11) is 0. The Morgan fingerprint density at radius 2 is 1.85 bits per heavy atom. The molecule has 0 amide bonds. The Morgan fingerprint density at radius 3 is 2.50 bits per heavy atom. The molecule has 0 spiro atoms. The van der Waals surface area contributed by atoms with E-state index >= 15 is 0 Å². The Bertz CT molecular complexity index is 882. The topological polar surface area (TPSA) is 134 Å². The molecule has 0 aromatic carbocycles. The van der Waals surface area contributed by atoms with Crippen molar-refractivity contribution in [3.8, 4) is 0 Å². The van der Waals surface area contributed by atoms with E-state index < -0.39 is 42.7 Å². The van der Waals surface area contributed by atoms with Crippen LogP contribution in [0.4, 0.5) is 0 Å². The number of ketones is 2. The largest absolute Gasteiger partial charge is 0.394 e. The van der Waals surface area contributed by atoms with Gasteiger partial charge in [-0.15, -0.1) is 6.58 Å². The molecular formula is C26H38O8. The molecule has 8 heteroatoms. The van der Waals surface area contributed by atoms with E-state index in [0.717, 1.165) is 18.4 Å². The second kappa shape index (κ2) is 8.91. The van der Waals surface area contributed by atoms with E-state index in [1.165, 1.54) is 0 Å². The lowest BCUT2D eigenvalue weighted by atomic mass is 9.45. The summed E-state index contributed by atoms with van der Waals surface area (Å²) in [6, 6.07) is 0. The lowest BCUT2D eigenvalue weighted by molar-refractivity contribution is -0.307. The van der Waals surface area contributed by atoms with Crippen molar-refractivity contribution in [3.63, 3.8) is 0 Å². The zero-order valence-corrected chi connectivity index (χ0v) is 20.3. The first kappa shape index (κ1) is 25.7. The van der Waals surface area contributed by atoms with Gasteiger partial charge in [-0.05, 0) is 42.1 Å². The molecule has 0 bridgehead atoms. The van der Waals surface area contributed by atoms with E-state index in [2.05, 4.69) is 26.5 Å². The number of carbonyl (C=O) groups excluding carboxylic acids is 2. The molecule has 4 rings (SSSR count). The van der Waals surface area contributed by atoms with Crippen LogP contribution in [0.3, 0.4) is 0 Å². The minimum absolute atomic E-state index is 0.00605. The molecule has 2 saturated carbocycles. The van der Waals surface area contributed by atoms with Gasteiger partial charge >= 0.3 is 0 Å². The molecule has 0 aromatic rings. The van der Waals surface area contributed by atoms with Crippen LogP contribution in [0, 0.1) is 28.1 Å².